The number of anilines is 1. The van der Waals surface area contributed by atoms with E-state index in [1.165, 1.54) is 0 Å². The molecule has 0 saturated heterocycles. The molecule has 4 nitrogen and oxygen atoms in total. The first kappa shape index (κ1) is 15.8. The summed E-state index contributed by atoms with van der Waals surface area (Å²) in [5.41, 5.74) is 5.87. The standard InChI is InChI=1S/C16H22N2O2S/c1-11(2)20-13-7-5-12(6-8-13)18-15(19)16(14(17)21)9-3-4-10-16/h5-8,11H,3-4,9-10H2,1-2H3,(H2,17,21)(H,18,19). The van der Waals surface area contributed by atoms with Crippen molar-refractivity contribution in [2.45, 2.75) is 45.6 Å². The van der Waals surface area contributed by atoms with Gasteiger partial charge in [0.05, 0.1) is 16.5 Å². The highest BCUT2D eigenvalue weighted by atomic mass is 32.1. The van der Waals surface area contributed by atoms with E-state index in [4.69, 9.17) is 22.7 Å². The minimum Gasteiger partial charge on any atom is -0.491 e. The number of carbonyl (C=O) groups excluding carboxylic acids is 1. The summed E-state index contributed by atoms with van der Waals surface area (Å²) < 4.78 is 5.58. The molecule has 1 saturated carbocycles. The highest BCUT2D eigenvalue weighted by molar-refractivity contribution is 7.80. The Balaban J connectivity index is 2.07. The van der Waals surface area contributed by atoms with Crippen LogP contribution in [0.4, 0.5) is 5.69 Å². The van der Waals surface area contributed by atoms with Crippen molar-refractivity contribution in [1.29, 1.82) is 0 Å². The van der Waals surface area contributed by atoms with Gasteiger partial charge in [-0.05, 0) is 51.0 Å². The van der Waals surface area contributed by atoms with Crippen molar-refractivity contribution in [3.8, 4) is 5.75 Å². The summed E-state index contributed by atoms with van der Waals surface area (Å²) in [6, 6.07) is 7.35. The van der Waals surface area contributed by atoms with E-state index in [0.717, 1.165) is 37.1 Å². The van der Waals surface area contributed by atoms with Crippen LogP contribution in [0.15, 0.2) is 24.3 Å². The van der Waals surface area contributed by atoms with Crippen molar-refractivity contribution >= 4 is 28.8 Å². The average Bonchev–Trinajstić information content (AvgIpc) is 2.91. The van der Waals surface area contributed by atoms with Gasteiger partial charge in [0.2, 0.25) is 5.91 Å². The minimum absolute atomic E-state index is 0.0926. The fourth-order valence-corrected chi connectivity index (χ4v) is 3.00. The molecule has 3 N–H and O–H groups in total. The normalized spacial score (nSPS) is 16.7. The van der Waals surface area contributed by atoms with Crippen LogP contribution in [0.25, 0.3) is 0 Å². The Labute approximate surface area is 131 Å². The molecule has 1 amide bonds. The molecule has 0 heterocycles. The molecule has 1 aromatic rings. The number of rotatable bonds is 5. The van der Waals surface area contributed by atoms with Gasteiger partial charge >= 0.3 is 0 Å². The zero-order valence-electron chi connectivity index (χ0n) is 12.5. The molecule has 1 aromatic carbocycles. The second-order valence-corrected chi connectivity index (χ2v) is 6.24. The summed E-state index contributed by atoms with van der Waals surface area (Å²) in [5.74, 6) is 0.693. The Morgan fingerprint density at radius 1 is 1.29 bits per heavy atom. The second-order valence-electron chi connectivity index (χ2n) is 5.80. The largest absolute Gasteiger partial charge is 0.491 e. The maximum Gasteiger partial charge on any atom is 0.237 e. The molecule has 0 aliphatic heterocycles. The van der Waals surface area contributed by atoms with Crippen molar-refractivity contribution in [3.63, 3.8) is 0 Å². The Morgan fingerprint density at radius 3 is 2.33 bits per heavy atom. The zero-order valence-corrected chi connectivity index (χ0v) is 13.3. The maximum atomic E-state index is 12.5. The van der Waals surface area contributed by atoms with Gasteiger partial charge in [0.15, 0.2) is 0 Å². The number of ether oxygens (including phenoxy) is 1. The Bertz CT molecular complexity index is 520. The summed E-state index contributed by atoms with van der Waals surface area (Å²) in [4.78, 5) is 12.8. The van der Waals surface area contributed by atoms with Crippen LogP contribution in [0, 0.1) is 5.41 Å². The highest BCUT2D eigenvalue weighted by Gasteiger charge is 2.43. The first-order valence-corrected chi connectivity index (χ1v) is 7.73. The van der Waals surface area contributed by atoms with Gasteiger partial charge in [-0.3, -0.25) is 4.79 Å². The van der Waals surface area contributed by atoms with E-state index in [2.05, 4.69) is 5.32 Å². The number of hydrogen-bond donors (Lipinski definition) is 2. The average molecular weight is 306 g/mol. The molecular weight excluding hydrogens is 284 g/mol. The number of hydrogen-bond acceptors (Lipinski definition) is 3. The van der Waals surface area contributed by atoms with Gasteiger partial charge in [-0.15, -0.1) is 0 Å². The maximum absolute atomic E-state index is 12.5. The van der Waals surface area contributed by atoms with E-state index in [9.17, 15) is 4.79 Å². The molecule has 1 fully saturated rings. The van der Waals surface area contributed by atoms with Crippen LogP contribution in [0.1, 0.15) is 39.5 Å². The third-order valence-corrected chi connectivity index (χ3v) is 4.24. The van der Waals surface area contributed by atoms with E-state index >= 15 is 0 Å². The van der Waals surface area contributed by atoms with Gasteiger partial charge in [-0.25, -0.2) is 0 Å². The summed E-state index contributed by atoms with van der Waals surface area (Å²) in [5, 5.41) is 2.92. The van der Waals surface area contributed by atoms with Crippen molar-refractivity contribution in [2.24, 2.45) is 11.1 Å². The molecule has 114 valence electrons. The lowest BCUT2D eigenvalue weighted by molar-refractivity contribution is -0.122. The van der Waals surface area contributed by atoms with Crippen LogP contribution in [0.5, 0.6) is 5.75 Å². The second kappa shape index (κ2) is 6.43. The molecule has 1 aliphatic carbocycles. The summed E-state index contributed by atoms with van der Waals surface area (Å²) in [6.07, 6.45) is 3.59. The molecule has 0 spiro atoms. The van der Waals surface area contributed by atoms with Crippen LogP contribution in [-0.2, 0) is 4.79 Å². The fourth-order valence-electron chi connectivity index (χ4n) is 2.70. The Hall–Kier alpha value is -1.62. The van der Waals surface area contributed by atoms with Crippen molar-refractivity contribution in [2.75, 3.05) is 5.32 Å². The van der Waals surface area contributed by atoms with E-state index < -0.39 is 5.41 Å². The topological polar surface area (TPSA) is 64.3 Å². The molecule has 0 bridgehead atoms. The first-order chi connectivity index (χ1) is 9.94. The summed E-state index contributed by atoms with van der Waals surface area (Å²) in [6.45, 7) is 3.95. The lowest BCUT2D eigenvalue weighted by atomic mass is 9.85. The first-order valence-electron chi connectivity index (χ1n) is 7.32. The third-order valence-electron chi connectivity index (χ3n) is 3.85. The molecular formula is C16H22N2O2S. The molecule has 0 atom stereocenters. The quantitative estimate of drug-likeness (QED) is 0.820. The predicted molar refractivity (Wildman–Crippen MR) is 88.5 cm³/mol. The van der Waals surface area contributed by atoms with Crippen LogP contribution < -0.4 is 15.8 Å². The van der Waals surface area contributed by atoms with Crippen molar-refractivity contribution in [1.82, 2.24) is 0 Å². The van der Waals surface area contributed by atoms with E-state index in [-0.39, 0.29) is 12.0 Å². The van der Waals surface area contributed by atoms with Gasteiger partial charge in [0.25, 0.3) is 0 Å². The molecule has 0 aromatic heterocycles. The SMILES string of the molecule is CC(C)Oc1ccc(NC(=O)C2(C(N)=S)CCCC2)cc1. The van der Waals surface area contributed by atoms with Crippen LogP contribution in [0.3, 0.4) is 0 Å². The van der Waals surface area contributed by atoms with Crippen LogP contribution in [0.2, 0.25) is 0 Å². The van der Waals surface area contributed by atoms with Crippen molar-refractivity contribution < 1.29 is 9.53 Å². The number of nitrogens with one attached hydrogen (secondary N) is 1. The third kappa shape index (κ3) is 3.53. The Kier molecular flexibility index (Phi) is 4.83. The molecule has 2 rings (SSSR count). The van der Waals surface area contributed by atoms with Gasteiger partial charge in [-0.1, -0.05) is 25.1 Å². The van der Waals surface area contributed by atoms with E-state index in [1.807, 2.05) is 38.1 Å². The summed E-state index contributed by atoms with van der Waals surface area (Å²) in [7, 11) is 0. The smallest absolute Gasteiger partial charge is 0.237 e. The van der Waals surface area contributed by atoms with Crippen molar-refractivity contribution in [3.05, 3.63) is 24.3 Å². The van der Waals surface area contributed by atoms with Crippen LogP contribution in [-0.4, -0.2) is 17.0 Å². The van der Waals surface area contributed by atoms with E-state index in [1.54, 1.807) is 0 Å². The fraction of sp³-hybridized carbons (Fsp3) is 0.500. The number of amides is 1. The molecule has 0 unspecified atom stereocenters. The minimum atomic E-state index is -0.678. The predicted octanol–water partition coefficient (Wildman–Crippen LogP) is 3.26. The van der Waals surface area contributed by atoms with Gasteiger partial charge in [-0.2, -0.15) is 0 Å². The Morgan fingerprint density at radius 2 is 1.86 bits per heavy atom. The highest BCUT2D eigenvalue weighted by Crippen LogP contribution is 2.39. The number of nitrogens with two attached hydrogens (primary N) is 1. The number of benzene rings is 1. The zero-order chi connectivity index (χ0) is 15.5. The van der Waals surface area contributed by atoms with Gasteiger partial charge < -0.3 is 15.8 Å². The van der Waals surface area contributed by atoms with Gasteiger partial charge in [0, 0.05) is 5.69 Å². The van der Waals surface area contributed by atoms with Crippen LogP contribution >= 0.6 is 12.2 Å². The lowest BCUT2D eigenvalue weighted by Crippen LogP contribution is -2.43. The molecule has 5 heteroatoms. The lowest BCUT2D eigenvalue weighted by Gasteiger charge is -2.26. The molecule has 0 radical (unpaired) electrons. The number of carbonyl (C=O) groups is 1. The molecule has 1 aliphatic rings. The van der Waals surface area contributed by atoms with Gasteiger partial charge in [0.1, 0.15) is 5.75 Å². The van der Waals surface area contributed by atoms with E-state index in [0.29, 0.717) is 4.99 Å². The monoisotopic (exact) mass is 306 g/mol. The molecule has 21 heavy (non-hydrogen) atoms. The number of thiocarbonyl (C=S) groups is 1. The summed E-state index contributed by atoms with van der Waals surface area (Å²) >= 11 is 5.13.